The minimum atomic E-state index is -4.60. The van der Waals surface area contributed by atoms with Gasteiger partial charge in [0.05, 0.1) is 39.9 Å². The first-order chi connectivity index (χ1) is 37.0. The van der Waals surface area contributed by atoms with Gasteiger partial charge in [-0.1, -0.05) is 270 Å². The number of nitrogens with one attached hydrogen (secondary N) is 1. The number of rotatable bonds is 55. The van der Waals surface area contributed by atoms with E-state index < -0.39 is 20.0 Å². The molecular formula is C67H117N2O6P. The van der Waals surface area contributed by atoms with Crippen LogP contribution in [0.25, 0.3) is 0 Å². The van der Waals surface area contributed by atoms with Gasteiger partial charge in [0.25, 0.3) is 7.82 Å². The Kier molecular flexibility index (Phi) is 54.3. The van der Waals surface area contributed by atoms with Crippen LogP contribution < -0.4 is 10.2 Å². The summed E-state index contributed by atoms with van der Waals surface area (Å²) in [6, 6.07) is -0.834. The summed E-state index contributed by atoms with van der Waals surface area (Å²) in [5.74, 6) is -0.210. The lowest BCUT2D eigenvalue weighted by atomic mass is 10.0. The molecule has 9 heteroatoms. The van der Waals surface area contributed by atoms with Crippen LogP contribution in [0.4, 0.5) is 0 Å². The molecule has 0 aliphatic carbocycles. The molecule has 0 bridgehead atoms. The average molecular weight is 1080 g/mol. The minimum absolute atomic E-state index is 0.00286. The van der Waals surface area contributed by atoms with Crippen molar-refractivity contribution in [2.45, 2.75) is 257 Å². The molecule has 3 atom stereocenters. The second-order valence-corrected chi connectivity index (χ2v) is 23.1. The summed E-state index contributed by atoms with van der Waals surface area (Å²) in [5, 5.41) is 14.0. The normalized spacial score (nSPS) is 14.7. The highest BCUT2D eigenvalue weighted by molar-refractivity contribution is 7.45. The average Bonchev–Trinajstić information content (AvgIpc) is 3.38. The van der Waals surface area contributed by atoms with Crippen LogP contribution >= 0.6 is 7.82 Å². The number of nitrogens with zero attached hydrogens (tertiary/aromatic N) is 1. The summed E-state index contributed by atoms with van der Waals surface area (Å²) in [7, 11) is 1.26. The molecule has 0 radical (unpaired) electrons. The maximum atomic E-state index is 13.0. The Labute approximate surface area is 469 Å². The third kappa shape index (κ3) is 58.6. The van der Waals surface area contributed by atoms with E-state index >= 15 is 0 Å². The second-order valence-electron chi connectivity index (χ2n) is 21.7. The molecule has 0 spiro atoms. The molecule has 76 heavy (non-hydrogen) atoms. The van der Waals surface area contributed by atoms with E-state index in [4.69, 9.17) is 9.05 Å². The van der Waals surface area contributed by atoms with Crippen LogP contribution in [0.15, 0.2) is 122 Å². The van der Waals surface area contributed by atoms with E-state index in [1.54, 1.807) is 0 Å². The highest BCUT2D eigenvalue weighted by atomic mass is 31.2. The molecule has 2 N–H and O–H groups in total. The van der Waals surface area contributed by atoms with Gasteiger partial charge >= 0.3 is 0 Å². The number of carbonyl (C=O) groups excluding carboxylic acids is 1. The van der Waals surface area contributed by atoms with Crippen LogP contribution in [0.1, 0.15) is 245 Å². The van der Waals surface area contributed by atoms with E-state index in [2.05, 4.69) is 141 Å². The molecule has 3 unspecified atom stereocenters. The van der Waals surface area contributed by atoms with Crippen molar-refractivity contribution in [2.75, 3.05) is 40.9 Å². The number of phosphoric ester groups is 1. The van der Waals surface area contributed by atoms with Gasteiger partial charge in [-0.3, -0.25) is 9.36 Å². The predicted octanol–water partition coefficient (Wildman–Crippen LogP) is 18.7. The lowest BCUT2D eigenvalue weighted by Gasteiger charge is -2.30. The maximum Gasteiger partial charge on any atom is 0.268 e. The summed E-state index contributed by atoms with van der Waals surface area (Å²) >= 11 is 0. The molecule has 0 rings (SSSR count). The molecule has 436 valence electrons. The second kappa shape index (κ2) is 56.6. The number of hydrogen-bond acceptors (Lipinski definition) is 6. The monoisotopic (exact) mass is 1080 g/mol. The Morgan fingerprint density at radius 1 is 0.474 bits per heavy atom. The summed E-state index contributed by atoms with van der Waals surface area (Å²) in [6.07, 6.45) is 83.8. The molecule has 0 aromatic rings. The fraction of sp³-hybridized carbons (Fsp3) is 0.687. The number of phosphoric acid groups is 1. The predicted molar refractivity (Wildman–Crippen MR) is 329 cm³/mol. The van der Waals surface area contributed by atoms with Gasteiger partial charge in [-0.15, -0.1) is 0 Å². The zero-order chi connectivity index (χ0) is 55.6. The number of carbonyl (C=O) groups is 1. The van der Waals surface area contributed by atoms with E-state index in [9.17, 15) is 19.4 Å². The molecule has 0 saturated carbocycles. The van der Waals surface area contributed by atoms with E-state index in [1.807, 2.05) is 21.1 Å². The molecular weight excluding hydrogens is 960 g/mol. The molecule has 0 aromatic carbocycles. The third-order valence-corrected chi connectivity index (χ3v) is 14.2. The zero-order valence-corrected chi connectivity index (χ0v) is 50.6. The summed E-state index contributed by atoms with van der Waals surface area (Å²) in [6.45, 7) is 4.58. The third-order valence-electron chi connectivity index (χ3n) is 13.2. The van der Waals surface area contributed by atoms with E-state index in [0.29, 0.717) is 30.3 Å². The van der Waals surface area contributed by atoms with Crippen molar-refractivity contribution in [3.63, 3.8) is 0 Å². The molecule has 1 amide bonds. The lowest BCUT2D eigenvalue weighted by Crippen LogP contribution is -2.46. The fourth-order valence-corrected chi connectivity index (χ4v) is 9.14. The standard InChI is InChI=1S/C67H117N2O6P/c1-6-8-10-12-14-16-18-20-22-24-26-28-29-30-31-32-33-34-35-36-37-38-39-41-43-45-47-49-51-53-55-57-59-61-67(71)68-65(64-75-76(72,73)74-63-62-69(3,4)5)66(70)60-58-56-54-52-50-48-46-44-42-40-27-25-23-21-19-17-15-13-11-9-7-2/h8,10,14,16,20,22,26,28,30-31,33-34,36-37,39,41,45,47,51,53,65-66,70H,6-7,9,11-13,15,17-19,21,23-25,27,29,32,35,38,40,42-44,46,48-50,52,54-64H2,1-5H3,(H-,68,71,72,73)/b10-8-,16-14-,22-20-,28-26-,31-30-,34-33-,37-36-,41-39-,47-45-,53-51-. The minimum Gasteiger partial charge on any atom is -0.756 e. The Morgan fingerprint density at radius 2 is 0.803 bits per heavy atom. The highest BCUT2D eigenvalue weighted by Crippen LogP contribution is 2.38. The SMILES string of the molecule is CC/C=C\C/C=C\C/C=C\C/C=C\C/C=C\C/C=C\C/C=C\C/C=C\C/C=C\C/C=C\CCCCC(=O)NC(COP(=O)([O-])OCC[N+](C)(C)C)C(O)CCCCCCCCCCCCCCCCCCCCCCC. The van der Waals surface area contributed by atoms with Gasteiger partial charge in [0.2, 0.25) is 5.91 Å². The number of likely N-dealkylation sites (N-methyl/N-ethyl adjacent to an activating group) is 1. The van der Waals surface area contributed by atoms with Crippen LogP contribution in [-0.2, 0) is 18.4 Å². The van der Waals surface area contributed by atoms with Gasteiger partial charge in [-0.2, -0.15) is 0 Å². The van der Waals surface area contributed by atoms with Crippen LogP contribution in [0, 0.1) is 0 Å². The Hall–Kier alpha value is -3.10. The number of aliphatic hydroxyl groups is 1. The number of aliphatic hydroxyl groups excluding tert-OH is 1. The van der Waals surface area contributed by atoms with Crippen molar-refractivity contribution in [3.05, 3.63) is 122 Å². The number of unbranched alkanes of at least 4 members (excludes halogenated alkanes) is 22. The lowest BCUT2D eigenvalue weighted by molar-refractivity contribution is -0.870. The van der Waals surface area contributed by atoms with Crippen LogP contribution in [0.2, 0.25) is 0 Å². The Balaban J connectivity index is 4.28. The van der Waals surface area contributed by atoms with E-state index in [1.165, 1.54) is 116 Å². The number of quaternary nitrogens is 1. The van der Waals surface area contributed by atoms with Crippen molar-refractivity contribution >= 4 is 13.7 Å². The number of hydrogen-bond donors (Lipinski definition) is 2. The van der Waals surface area contributed by atoms with Gasteiger partial charge in [0, 0.05) is 6.42 Å². The maximum absolute atomic E-state index is 13.0. The molecule has 0 saturated heterocycles. The first kappa shape index (κ1) is 72.9. The summed E-state index contributed by atoms with van der Waals surface area (Å²) < 4.78 is 23.4. The van der Waals surface area contributed by atoms with E-state index in [0.717, 1.165) is 96.3 Å². The molecule has 0 aromatic heterocycles. The van der Waals surface area contributed by atoms with Gasteiger partial charge in [0.15, 0.2) is 0 Å². The smallest absolute Gasteiger partial charge is 0.268 e. The van der Waals surface area contributed by atoms with Gasteiger partial charge < -0.3 is 28.8 Å². The summed E-state index contributed by atoms with van der Waals surface area (Å²) in [5.41, 5.74) is 0. The van der Waals surface area contributed by atoms with Crippen LogP contribution in [0.3, 0.4) is 0 Å². The first-order valence-electron chi connectivity index (χ1n) is 30.9. The molecule has 0 fully saturated rings. The van der Waals surface area contributed by atoms with Crippen molar-refractivity contribution < 1.29 is 32.9 Å². The zero-order valence-electron chi connectivity index (χ0n) is 49.7. The molecule has 8 nitrogen and oxygen atoms in total. The van der Waals surface area contributed by atoms with Crippen LogP contribution in [0.5, 0.6) is 0 Å². The quantitative estimate of drug-likeness (QED) is 0.0272. The Bertz CT molecular complexity index is 1650. The van der Waals surface area contributed by atoms with E-state index in [-0.39, 0.29) is 19.1 Å². The highest BCUT2D eigenvalue weighted by Gasteiger charge is 2.24. The molecule has 0 heterocycles. The largest absolute Gasteiger partial charge is 0.756 e. The topological polar surface area (TPSA) is 108 Å². The number of amides is 1. The fourth-order valence-electron chi connectivity index (χ4n) is 8.42. The molecule has 0 aliphatic heterocycles. The van der Waals surface area contributed by atoms with Crippen molar-refractivity contribution in [1.82, 2.24) is 5.32 Å². The van der Waals surface area contributed by atoms with Crippen molar-refractivity contribution in [2.24, 2.45) is 0 Å². The van der Waals surface area contributed by atoms with Crippen molar-refractivity contribution in [1.29, 1.82) is 0 Å². The van der Waals surface area contributed by atoms with Gasteiger partial charge in [-0.05, 0) is 89.9 Å². The number of allylic oxidation sites excluding steroid dienone is 20. The van der Waals surface area contributed by atoms with Gasteiger partial charge in [0.1, 0.15) is 13.2 Å². The van der Waals surface area contributed by atoms with Crippen LogP contribution in [-0.4, -0.2) is 68.5 Å². The Morgan fingerprint density at radius 3 is 1.14 bits per heavy atom. The molecule has 0 aliphatic rings. The van der Waals surface area contributed by atoms with Gasteiger partial charge in [-0.25, -0.2) is 0 Å². The first-order valence-corrected chi connectivity index (χ1v) is 32.3. The summed E-state index contributed by atoms with van der Waals surface area (Å²) in [4.78, 5) is 25.6. The van der Waals surface area contributed by atoms with Crippen molar-refractivity contribution in [3.8, 4) is 0 Å².